The molecule has 0 radical (unpaired) electrons. The Morgan fingerprint density at radius 3 is 2.53 bits per heavy atom. The first-order chi connectivity index (χ1) is 8.34. The monoisotopic (exact) mass is 292 g/mol. The van der Waals surface area contributed by atoms with E-state index in [1.807, 2.05) is 0 Å². The van der Waals surface area contributed by atoms with Gasteiger partial charge in [-0.1, -0.05) is 65.5 Å². The quantitative estimate of drug-likeness (QED) is 0.523. The smallest absolute Gasteiger partial charge is 0.0148 e. The first-order valence-corrected chi connectivity index (χ1v) is 7.95. The van der Waals surface area contributed by atoms with Gasteiger partial charge in [0, 0.05) is 4.83 Å². The summed E-state index contributed by atoms with van der Waals surface area (Å²) in [6.07, 6.45) is 8.58. The van der Waals surface area contributed by atoms with Crippen molar-refractivity contribution >= 4 is 15.9 Å². The second-order valence-electron chi connectivity index (χ2n) is 5.79. The van der Waals surface area contributed by atoms with Gasteiger partial charge in [-0.15, -0.1) is 0 Å². The van der Waals surface area contributed by atoms with Crippen LogP contribution in [0, 0.1) is 11.8 Å². The van der Waals surface area contributed by atoms with Crippen molar-refractivity contribution in [3.05, 3.63) is 35.9 Å². The Labute approximate surface area is 113 Å². The maximum absolute atomic E-state index is 3.85. The van der Waals surface area contributed by atoms with Gasteiger partial charge in [-0.3, -0.25) is 0 Å². The molecule has 2 aliphatic carbocycles. The Balaban J connectivity index is 1.64. The van der Waals surface area contributed by atoms with Crippen LogP contribution >= 0.6 is 15.9 Å². The van der Waals surface area contributed by atoms with Crippen molar-refractivity contribution in [3.63, 3.8) is 0 Å². The third-order valence-electron chi connectivity index (χ3n) is 4.57. The van der Waals surface area contributed by atoms with Crippen molar-refractivity contribution in [1.29, 1.82) is 0 Å². The largest absolute Gasteiger partial charge is 0.0891 e. The normalized spacial score (nSPS) is 37.5. The maximum atomic E-state index is 3.85. The highest BCUT2D eigenvalue weighted by Gasteiger charge is 2.43. The molecule has 2 fully saturated rings. The average molecular weight is 293 g/mol. The van der Waals surface area contributed by atoms with Crippen molar-refractivity contribution in [1.82, 2.24) is 0 Å². The molecule has 1 heteroatoms. The summed E-state index contributed by atoms with van der Waals surface area (Å²) in [4.78, 5) is 0.784. The lowest BCUT2D eigenvalue weighted by molar-refractivity contribution is 0.404. The third-order valence-corrected chi connectivity index (χ3v) is 5.41. The van der Waals surface area contributed by atoms with Gasteiger partial charge < -0.3 is 0 Å². The van der Waals surface area contributed by atoms with Gasteiger partial charge in [-0.25, -0.2) is 0 Å². The first kappa shape index (κ1) is 11.8. The molecule has 17 heavy (non-hydrogen) atoms. The fourth-order valence-electron chi connectivity index (χ4n) is 3.54. The van der Waals surface area contributed by atoms with Gasteiger partial charge in [0.25, 0.3) is 0 Å². The highest BCUT2D eigenvalue weighted by atomic mass is 79.9. The number of halogens is 1. The Kier molecular flexibility index (Phi) is 3.56. The minimum Gasteiger partial charge on any atom is -0.0891 e. The summed E-state index contributed by atoms with van der Waals surface area (Å²) in [6.45, 7) is 0. The molecular formula is C16H21Br. The summed E-state index contributed by atoms with van der Waals surface area (Å²) in [5, 5.41) is 0. The van der Waals surface area contributed by atoms with Gasteiger partial charge in [0.15, 0.2) is 0 Å². The molecule has 0 spiro atoms. The average Bonchev–Trinajstić information content (AvgIpc) is 3.14. The zero-order valence-electron chi connectivity index (χ0n) is 10.3. The standard InChI is InChI=1S/C16H21Br/c17-14-9-5-4-8-13(10-14)16-11-15(16)12-6-2-1-3-7-12/h1-3,6-7,13-16H,4-5,8-11H2. The number of rotatable bonds is 2. The molecule has 0 nitrogen and oxygen atoms in total. The van der Waals surface area contributed by atoms with Crippen LogP contribution in [0.4, 0.5) is 0 Å². The Morgan fingerprint density at radius 2 is 1.71 bits per heavy atom. The van der Waals surface area contributed by atoms with E-state index in [0.717, 1.165) is 22.6 Å². The summed E-state index contributed by atoms with van der Waals surface area (Å²) < 4.78 is 0. The van der Waals surface area contributed by atoms with Gasteiger partial charge in [-0.2, -0.15) is 0 Å². The van der Waals surface area contributed by atoms with Gasteiger partial charge >= 0.3 is 0 Å². The lowest BCUT2D eigenvalue weighted by Crippen LogP contribution is -2.08. The molecule has 0 N–H and O–H groups in total. The van der Waals surface area contributed by atoms with Crippen LogP contribution in [0.5, 0.6) is 0 Å². The molecule has 0 bridgehead atoms. The molecule has 2 aliphatic rings. The number of hydrogen-bond acceptors (Lipinski definition) is 0. The second kappa shape index (κ2) is 5.14. The predicted molar refractivity (Wildman–Crippen MR) is 76.6 cm³/mol. The zero-order valence-corrected chi connectivity index (χ0v) is 11.9. The number of alkyl halides is 1. The molecule has 0 saturated heterocycles. The molecule has 0 aromatic heterocycles. The summed E-state index contributed by atoms with van der Waals surface area (Å²) in [6, 6.07) is 11.1. The molecule has 2 saturated carbocycles. The molecule has 0 heterocycles. The molecular weight excluding hydrogens is 272 g/mol. The molecule has 1 aromatic rings. The topological polar surface area (TPSA) is 0 Å². The Morgan fingerprint density at radius 1 is 0.941 bits per heavy atom. The summed E-state index contributed by atoms with van der Waals surface area (Å²) in [5.41, 5.74) is 1.58. The lowest BCUT2D eigenvalue weighted by Gasteiger charge is -2.16. The SMILES string of the molecule is BrC1CCCCC(C2CC2c2ccccc2)C1. The Hall–Kier alpha value is -0.300. The molecule has 3 rings (SSSR count). The highest BCUT2D eigenvalue weighted by molar-refractivity contribution is 9.09. The van der Waals surface area contributed by atoms with Gasteiger partial charge in [0.05, 0.1) is 0 Å². The minimum absolute atomic E-state index is 0.784. The van der Waals surface area contributed by atoms with Gasteiger partial charge in [-0.05, 0) is 42.6 Å². The molecule has 1 aromatic carbocycles. The molecule has 4 unspecified atom stereocenters. The predicted octanol–water partition coefficient (Wildman–Crippen LogP) is 5.13. The van der Waals surface area contributed by atoms with E-state index in [4.69, 9.17) is 0 Å². The third kappa shape index (κ3) is 2.76. The van der Waals surface area contributed by atoms with E-state index in [1.165, 1.54) is 38.5 Å². The highest BCUT2D eigenvalue weighted by Crippen LogP contribution is 2.55. The van der Waals surface area contributed by atoms with Crippen molar-refractivity contribution in [2.75, 3.05) is 0 Å². The van der Waals surface area contributed by atoms with E-state index >= 15 is 0 Å². The maximum Gasteiger partial charge on any atom is 0.0148 e. The van der Waals surface area contributed by atoms with Crippen LogP contribution in [0.1, 0.15) is 50.0 Å². The zero-order chi connectivity index (χ0) is 11.7. The molecule has 92 valence electrons. The number of benzene rings is 1. The second-order valence-corrected chi connectivity index (χ2v) is 7.09. The van der Waals surface area contributed by atoms with E-state index in [1.54, 1.807) is 5.56 Å². The minimum atomic E-state index is 0.784. The van der Waals surface area contributed by atoms with Gasteiger partial charge in [0.2, 0.25) is 0 Å². The summed E-state index contributed by atoms with van der Waals surface area (Å²) in [5.74, 6) is 2.83. The van der Waals surface area contributed by atoms with E-state index in [9.17, 15) is 0 Å². The summed E-state index contributed by atoms with van der Waals surface area (Å²) in [7, 11) is 0. The lowest BCUT2D eigenvalue weighted by atomic mass is 9.92. The number of hydrogen-bond donors (Lipinski definition) is 0. The summed E-state index contributed by atoms with van der Waals surface area (Å²) >= 11 is 3.85. The van der Waals surface area contributed by atoms with Crippen LogP contribution < -0.4 is 0 Å². The Bertz CT molecular complexity index is 359. The van der Waals surface area contributed by atoms with Crippen molar-refractivity contribution in [2.45, 2.75) is 49.3 Å². The van der Waals surface area contributed by atoms with Crippen LogP contribution in [-0.2, 0) is 0 Å². The van der Waals surface area contributed by atoms with Crippen molar-refractivity contribution in [2.24, 2.45) is 11.8 Å². The van der Waals surface area contributed by atoms with E-state index in [-0.39, 0.29) is 0 Å². The molecule has 4 atom stereocenters. The van der Waals surface area contributed by atoms with E-state index in [2.05, 4.69) is 46.3 Å². The molecule has 0 amide bonds. The van der Waals surface area contributed by atoms with Crippen LogP contribution in [0.3, 0.4) is 0 Å². The first-order valence-electron chi connectivity index (χ1n) is 7.03. The van der Waals surface area contributed by atoms with Gasteiger partial charge in [0.1, 0.15) is 0 Å². The van der Waals surface area contributed by atoms with Crippen molar-refractivity contribution in [3.8, 4) is 0 Å². The van der Waals surface area contributed by atoms with E-state index < -0.39 is 0 Å². The van der Waals surface area contributed by atoms with Crippen molar-refractivity contribution < 1.29 is 0 Å². The van der Waals surface area contributed by atoms with Crippen LogP contribution in [0.25, 0.3) is 0 Å². The fraction of sp³-hybridized carbons (Fsp3) is 0.625. The van der Waals surface area contributed by atoms with E-state index in [0.29, 0.717) is 0 Å². The van der Waals surface area contributed by atoms with Crippen LogP contribution in [0.2, 0.25) is 0 Å². The van der Waals surface area contributed by atoms with Crippen LogP contribution in [0.15, 0.2) is 30.3 Å². The van der Waals surface area contributed by atoms with Crippen LogP contribution in [-0.4, -0.2) is 4.83 Å². The fourth-order valence-corrected chi connectivity index (χ4v) is 4.35. The molecule has 0 aliphatic heterocycles.